The van der Waals surface area contributed by atoms with Gasteiger partial charge in [-0.05, 0) is 24.1 Å². The van der Waals surface area contributed by atoms with Crippen molar-refractivity contribution in [1.29, 1.82) is 0 Å². The predicted molar refractivity (Wildman–Crippen MR) is 63.8 cm³/mol. The SMILES string of the molecule is CCOC(=O)C(O)c1ccc2c(c1)C(=O)N(C)C2. The zero-order chi connectivity index (χ0) is 13.3. The third-order valence-corrected chi connectivity index (χ3v) is 2.94. The average Bonchev–Trinajstić information content (AvgIpc) is 2.64. The Labute approximate surface area is 105 Å². The monoisotopic (exact) mass is 249 g/mol. The van der Waals surface area contributed by atoms with E-state index < -0.39 is 12.1 Å². The van der Waals surface area contributed by atoms with Crippen LogP contribution in [0.3, 0.4) is 0 Å². The van der Waals surface area contributed by atoms with Crippen molar-refractivity contribution in [3.05, 3.63) is 34.9 Å². The van der Waals surface area contributed by atoms with E-state index in [0.29, 0.717) is 17.7 Å². The van der Waals surface area contributed by atoms with Gasteiger partial charge < -0.3 is 14.7 Å². The van der Waals surface area contributed by atoms with Crippen molar-refractivity contribution in [3.63, 3.8) is 0 Å². The molecule has 1 aromatic carbocycles. The lowest BCUT2D eigenvalue weighted by atomic mass is 10.0. The molecule has 0 fully saturated rings. The molecule has 0 spiro atoms. The van der Waals surface area contributed by atoms with Crippen molar-refractivity contribution in [3.8, 4) is 0 Å². The van der Waals surface area contributed by atoms with Gasteiger partial charge in [-0.25, -0.2) is 4.79 Å². The normalized spacial score (nSPS) is 15.5. The van der Waals surface area contributed by atoms with E-state index in [4.69, 9.17) is 4.74 Å². The molecule has 0 saturated carbocycles. The van der Waals surface area contributed by atoms with E-state index >= 15 is 0 Å². The zero-order valence-corrected chi connectivity index (χ0v) is 10.3. The Hall–Kier alpha value is -1.88. The molecule has 1 unspecified atom stereocenters. The van der Waals surface area contributed by atoms with Gasteiger partial charge >= 0.3 is 5.97 Å². The molecule has 18 heavy (non-hydrogen) atoms. The van der Waals surface area contributed by atoms with Crippen LogP contribution in [0.25, 0.3) is 0 Å². The summed E-state index contributed by atoms with van der Waals surface area (Å²) in [4.78, 5) is 24.8. The van der Waals surface area contributed by atoms with Crippen LogP contribution in [0.15, 0.2) is 18.2 Å². The van der Waals surface area contributed by atoms with Crippen LogP contribution in [0, 0.1) is 0 Å². The number of ether oxygens (including phenoxy) is 1. The second-order valence-electron chi connectivity index (χ2n) is 4.23. The van der Waals surface area contributed by atoms with Crippen LogP contribution < -0.4 is 0 Å². The van der Waals surface area contributed by atoms with E-state index in [0.717, 1.165) is 5.56 Å². The van der Waals surface area contributed by atoms with Gasteiger partial charge in [0.05, 0.1) is 6.61 Å². The van der Waals surface area contributed by atoms with Crippen LogP contribution in [-0.4, -0.2) is 35.5 Å². The smallest absolute Gasteiger partial charge is 0.339 e. The second kappa shape index (κ2) is 4.78. The topological polar surface area (TPSA) is 66.8 Å². The summed E-state index contributed by atoms with van der Waals surface area (Å²) in [6.07, 6.45) is -1.34. The maximum absolute atomic E-state index is 11.8. The number of carbonyl (C=O) groups is 2. The van der Waals surface area contributed by atoms with Gasteiger partial charge in [-0.1, -0.05) is 12.1 Å². The molecule has 0 radical (unpaired) electrons. The Morgan fingerprint density at radius 2 is 2.28 bits per heavy atom. The molecule has 5 nitrogen and oxygen atoms in total. The van der Waals surface area contributed by atoms with Crippen molar-refractivity contribution in [2.75, 3.05) is 13.7 Å². The Morgan fingerprint density at radius 1 is 1.56 bits per heavy atom. The minimum atomic E-state index is -1.34. The molecule has 0 bridgehead atoms. The van der Waals surface area contributed by atoms with Gasteiger partial charge in [-0.15, -0.1) is 0 Å². The summed E-state index contributed by atoms with van der Waals surface area (Å²) >= 11 is 0. The number of amides is 1. The average molecular weight is 249 g/mol. The molecule has 1 atom stereocenters. The van der Waals surface area contributed by atoms with Gasteiger partial charge in [-0.3, -0.25) is 4.79 Å². The molecule has 5 heteroatoms. The molecule has 1 heterocycles. The van der Waals surface area contributed by atoms with Crippen LogP contribution in [0.4, 0.5) is 0 Å². The van der Waals surface area contributed by atoms with Gasteiger partial charge in [0.15, 0.2) is 6.10 Å². The maximum atomic E-state index is 11.8. The standard InChI is InChI=1S/C13H15NO4/c1-3-18-13(17)11(15)8-4-5-9-7-14(2)12(16)10(9)6-8/h4-6,11,15H,3,7H2,1-2H3. The number of nitrogens with zero attached hydrogens (tertiary/aromatic N) is 1. The largest absolute Gasteiger partial charge is 0.464 e. The number of fused-ring (bicyclic) bond motifs is 1. The Morgan fingerprint density at radius 3 is 2.94 bits per heavy atom. The van der Waals surface area contributed by atoms with E-state index in [-0.39, 0.29) is 12.5 Å². The zero-order valence-electron chi connectivity index (χ0n) is 10.3. The number of rotatable bonds is 3. The Balaban J connectivity index is 2.27. The number of aliphatic hydroxyl groups excluding tert-OH is 1. The first-order valence-corrected chi connectivity index (χ1v) is 5.77. The summed E-state index contributed by atoms with van der Waals surface area (Å²) in [6.45, 7) is 2.44. The van der Waals surface area contributed by atoms with E-state index in [2.05, 4.69) is 0 Å². The molecular weight excluding hydrogens is 234 g/mol. The minimum Gasteiger partial charge on any atom is -0.464 e. The fourth-order valence-electron chi connectivity index (χ4n) is 1.99. The molecule has 1 N–H and O–H groups in total. The lowest BCUT2D eigenvalue weighted by molar-refractivity contribution is -0.153. The number of carbonyl (C=O) groups excluding carboxylic acids is 2. The second-order valence-corrected chi connectivity index (χ2v) is 4.23. The van der Waals surface area contributed by atoms with Gasteiger partial charge in [-0.2, -0.15) is 0 Å². The van der Waals surface area contributed by atoms with Crippen LogP contribution in [0.1, 0.15) is 34.5 Å². The van der Waals surface area contributed by atoms with Crippen molar-refractivity contribution in [2.24, 2.45) is 0 Å². The lowest BCUT2D eigenvalue weighted by Gasteiger charge is -2.10. The van der Waals surface area contributed by atoms with Crippen molar-refractivity contribution in [2.45, 2.75) is 19.6 Å². The van der Waals surface area contributed by atoms with Crippen molar-refractivity contribution >= 4 is 11.9 Å². The third-order valence-electron chi connectivity index (χ3n) is 2.94. The molecule has 2 rings (SSSR count). The quantitative estimate of drug-likeness (QED) is 0.807. The summed E-state index contributed by atoms with van der Waals surface area (Å²) in [5.74, 6) is -0.792. The number of hydrogen-bond donors (Lipinski definition) is 1. The molecular formula is C13H15NO4. The number of esters is 1. The summed E-state index contributed by atoms with van der Waals surface area (Å²) in [7, 11) is 1.71. The maximum Gasteiger partial charge on any atom is 0.339 e. The van der Waals surface area contributed by atoms with Gasteiger partial charge in [0.2, 0.25) is 0 Å². The molecule has 0 aromatic heterocycles. The molecule has 0 saturated heterocycles. The molecule has 1 amide bonds. The van der Waals surface area contributed by atoms with E-state index in [1.165, 1.54) is 0 Å². The summed E-state index contributed by atoms with van der Waals surface area (Å²) in [6, 6.07) is 4.96. The highest BCUT2D eigenvalue weighted by molar-refractivity contribution is 5.98. The van der Waals surface area contributed by atoms with E-state index in [9.17, 15) is 14.7 Å². The highest BCUT2D eigenvalue weighted by Crippen LogP contribution is 2.25. The first kappa shape index (κ1) is 12.6. The first-order valence-electron chi connectivity index (χ1n) is 5.77. The predicted octanol–water partition coefficient (Wildman–Crippen LogP) is 0.869. The molecule has 96 valence electrons. The van der Waals surface area contributed by atoms with Crippen LogP contribution in [-0.2, 0) is 16.1 Å². The van der Waals surface area contributed by atoms with Gasteiger partial charge in [0.25, 0.3) is 5.91 Å². The fraction of sp³-hybridized carbons (Fsp3) is 0.385. The van der Waals surface area contributed by atoms with Gasteiger partial charge in [0, 0.05) is 19.2 Å². The summed E-state index contributed by atoms with van der Waals surface area (Å²) < 4.78 is 4.74. The highest BCUT2D eigenvalue weighted by Gasteiger charge is 2.27. The minimum absolute atomic E-state index is 0.0945. The van der Waals surface area contributed by atoms with Crippen molar-refractivity contribution in [1.82, 2.24) is 4.90 Å². The molecule has 0 aliphatic carbocycles. The van der Waals surface area contributed by atoms with Crippen LogP contribution in [0.2, 0.25) is 0 Å². The van der Waals surface area contributed by atoms with Gasteiger partial charge in [0.1, 0.15) is 0 Å². The molecule has 1 aromatic rings. The Bertz CT molecular complexity index is 498. The first-order chi connectivity index (χ1) is 8.54. The van der Waals surface area contributed by atoms with Crippen molar-refractivity contribution < 1.29 is 19.4 Å². The number of benzene rings is 1. The summed E-state index contributed by atoms with van der Waals surface area (Å²) in [5, 5.41) is 9.80. The number of aliphatic hydroxyl groups is 1. The molecule has 1 aliphatic heterocycles. The summed E-state index contributed by atoms with van der Waals surface area (Å²) in [5.41, 5.74) is 1.83. The van der Waals surface area contributed by atoms with E-state index in [1.807, 2.05) is 0 Å². The number of hydrogen-bond acceptors (Lipinski definition) is 4. The fourth-order valence-corrected chi connectivity index (χ4v) is 1.99. The van der Waals surface area contributed by atoms with Crippen LogP contribution >= 0.6 is 0 Å². The highest BCUT2D eigenvalue weighted by atomic mass is 16.5. The van der Waals surface area contributed by atoms with E-state index in [1.54, 1.807) is 37.1 Å². The Kier molecular flexibility index (Phi) is 3.34. The molecule has 1 aliphatic rings. The van der Waals surface area contributed by atoms with Crippen LogP contribution in [0.5, 0.6) is 0 Å². The lowest BCUT2D eigenvalue weighted by Crippen LogP contribution is -2.18. The third kappa shape index (κ3) is 2.09.